The van der Waals surface area contributed by atoms with E-state index in [-0.39, 0.29) is 0 Å². The fraction of sp³-hybridized carbons (Fsp3) is 0.333. The zero-order valence-electron chi connectivity index (χ0n) is 14.7. The van der Waals surface area contributed by atoms with Gasteiger partial charge in [-0.3, -0.25) is 0 Å². The second-order valence-electron chi connectivity index (χ2n) is 5.88. The predicted molar refractivity (Wildman–Crippen MR) is 96.3 cm³/mol. The van der Waals surface area contributed by atoms with Crippen LogP contribution < -0.4 is 0 Å². The summed E-state index contributed by atoms with van der Waals surface area (Å²) >= 11 is 0. The van der Waals surface area contributed by atoms with Gasteiger partial charge in [-0.1, -0.05) is 56.7 Å². The Kier molecular flexibility index (Phi) is 6.75. The van der Waals surface area contributed by atoms with Gasteiger partial charge < -0.3 is 9.47 Å². The predicted octanol–water partition coefficient (Wildman–Crippen LogP) is 5.00. The number of benzene rings is 2. The summed E-state index contributed by atoms with van der Waals surface area (Å²) in [6, 6.07) is 17.5. The molecule has 0 N–H and O–H groups in total. The van der Waals surface area contributed by atoms with E-state index in [9.17, 15) is 9.59 Å². The molecule has 132 valence electrons. The monoisotopic (exact) mass is 340 g/mol. The van der Waals surface area contributed by atoms with Gasteiger partial charge in [-0.2, -0.15) is 0 Å². The van der Waals surface area contributed by atoms with Crippen molar-refractivity contribution in [2.45, 2.75) is 45.3 Å². The van der Waals surface area contributed by atoms with Crippen molar-refractivity contribution in [1.82, 2.24) is 0 Å². The van der Waals surface area contributed by atoms with Gasteiger partial charge in [0.2, 0.25) is 0 Å². The third-order valence-electron chi connectivity index (χ3n) is 4.03. The maximum atomic E-state index is 12.5. The molecule has 0 bridgehead atoms. The number of rotatable bonds is 8. The normalized spacial score (nSPS) is 11.0. The van der Waals surface area contributed by atoms with Crippen LogP contribution in [0.2, 0.25) is 0 Å². The molecule has 25 heavy (non-hydrogen) atoms. The van der Waals surface area contributed by atoms with Gasteiger partial charge in [0.25, 0.3) is 5.79 Å². The lowest BCUT2D eigenvalue weighted by Crippen LogP contribution is -2.39. The van der Waals surface area contributed by atoms with Crippen LogP contribution in [0.5, 0.6) is 0 Å². The molecular formula is C21H24O4. The highest BCUT2D eigenvalue weighted by Crippen LogP contribution is 2.28. The Bertz CT molecular complexity index is 626. The highest BCUT2D eigenvalue weighted by molar-refractivity contribution is 5.91. The van der Waals surface area contributed by atoms with Gasteiger partial charge in [-0.15, -0.1) is 0 Å². The van der Waals surface area contributed by atoms with E-state index in [0.717, 1.165) is 12.8 Å². The third-order valence-corrected chi connectivity index (χ3v) is 4.03. The van der Waals surface area contributed by atoms with Crippen LogP contribution >= 0.6 is 0 Å². The van der Waals surface area contributed by atoms with Crippen LogP contribution in [0.15, 0.2) is 60.7 Å². The van der Waals surface area contributed by atoms with Gasteiger partial charge in [0.1, 0.15) is 0 Å². The lowest BCUT2D eigenvalue weighted by molar-refractivity contribution is -0.175. The smallest absolute Gasteiger partial charge is 0.341 e. The Hall–Kier alpha value is -2.62. The van der Waals surface area contributed by atoms with Crippen LogP contribution in [0.1, 0.15) is 60.2 Å². The standard InChI is InChI=1S/C21H24O4/c1-3-5-16-21(4-2,24-19(22)17-12-8-6-9-13-17)25-20(23)18-14-10-7-11-15-18/h6-15H,3-5,16H2,1-2H3. The van der Waals surface area contributed by atoms with Gasteiger partial charge in [0, 0.05) is 12.8 Å². The number of carbonyl (C=O) groups excluding carboxylic acids is 2. The van der Waals surface area contributed by atoms with E-state index < -0.39 is 17.7 Å². The third kappa shape index (κ3) is 5.18. The van der Waals surface area contributed by atoms with Crippen molar-refractivity contribution in [3.05, 3.63) is 71.8 Å². The second-order valence-corrected chi connectivity index (χ2v) is 5.88. The Morgan fingerprint density at radius 2 is 1.24 bits per heavy atom. The highest BCUT2D eigenvalue weighted by Gasteiger charge is 2.37. The Balaban J connectivity index is 2.20. The maximum absolute atomic E-state index is 12.5. The average Bonchev–Trinajstić information content (AvgIpc) is 2.67. The average molecular weight is 340 g/mol. The summed E-state index contributed by atoms with van der Waals surface area (Å²) in [4.78, 5) is 25.0. The molecule has 2 aromatic rings. The molecule has 0 fully saturated rings. The topological polar surface area (TPSA) is 52.6 Å². The Labute approximate surface area is 148 Å². The van der Waals surface area contributed by atoms with Crippen molar-refractivity contribution in [3.63, 3.8) is 0 Å². The van der Waals surface area contributed by atoms with Gasteiger partial charge in [0.05, 0.1) is 11.1 Å². The quantitative estimate of drug-likeness (QED) is 0.501. The summed E-state index contributed by atoms with van der Waals surface area (Å²) in [5, 5.41) is 0. The number of carbonyl (C=O) groups is 2. The van der Waals surface area contributed by atoms with E-state index in [1.807, 2.05) is 26.0 Å². The number of esters is 2. The molecule has 0 radical (unpaired) electrons. The molecule has 0 saturated carbocycles. The first-order valence-electron chi connectivity index (χ1n) is 8.67. The van der Waals surface area contributed by atoms with E-state index in [2.05, 4.69) is 0 Å². The van der Waals surface area contributed by atoms with Crippen LogP contribution in [0.25, 0.3) is 0 Å². The van der Waals surface area contributed by atoms with Gasteiger partial charge in [-0.25, -0.2) is 9.59 Å². The van der Waals surface area contributed by atoms with Crippen LogP contribution in [0.3, 0.4) is 0 Å². The van der Waals surface area contributed by atoms with Crippen LogP contribution in [0, 0.1) is 0 Å². The largest absolute Gasteiger partial charge is 0.419 e. The first-order valence-corrected chi connectivity index (χ1v) is 8.67. The first-order chi connectivity index (χ1) is 12.1. The van der Waals surface area contributed by atoms with E-state index in [4.69, 9.17) is 9.47 Å². The van der Waals surface area contributed by atoms with E-state index >= 15 is 0 Å². The molecule has 0 heterocycles. The highest BCUT2D eigenvalue weighted by atomic mass is 16.7. The van der Waals surface area contributed by atoms with Gasteiger partial charge in [-0.05, 0) is 30.7 Å². The second kappa shape index (κ2) is 9.02. The zero-order chi connectivity index (χ0) is 18.1. The summed E-state index contributed by atoms with van der Waals surface area (Å²) in [6.07, 6.45) is 2.56. The number of unbranched alkanes of at least 4 members (excludes halogenated alkanes) is 1. The summed E-state index contributed by atoms with van der Waals surface area (Å²) in [6.45, 7) is 3.89. The van der Waals surface area contributed by atoms with Crippen LogP contribution in [-0.2, 0) is 9.47 Å². The van der Waals surface area contributed by atoms with Crippen molar-refractivity contribution in [2.75, 3.05) is 0 Å². The molecule has 2 rings (SSSR count). The first kappa shape index (κ1) is 18.7. The molecule has 4 nitrogen and oxygen atoms in total. The van der Waals surface area contributed by atoms with Crippen molar-refractivity contribution < 1.29 is 19.1 Å². The molecule has 0 aromatic heterocycles. The van der Waals surface area contributed by atoms with E-state index in [0.29, 0.717) is 24.0 Å². The molecule has 0 spiro atoms. The molecule has 0 saturated heterocycles. The van der Waals surface area contributed by atoms with Gasteiger partial charge in [0.15, 0.2) is 0 Å². The molecular weight excluding hydrogens is 316 g/mol. The lowest BCUT2D eigenvalue weighted by atomic mass is 10.1. The fourth-order valence-corrected chi connectivity index (χ4v) is 2.49. The number of hydrogen-bond acceptors (Lipinski definition) is 4. The lowest BCUT2D eigenvalue weighted by Gasteiger charge is -2.32. The van der Waals surface area contributed by atoms with Gasteiger partial charge >= 0.3 is 11.9 Å². The van der Waals surface area contributed by atoms with E-state index in [1.54, 1.807) is 48.5 Å². The van der Waals surface area contributed by atoms with Crippen LogP contribution in [0.4, 0.5) is 0 Å². The van der Waals surface area contributed by atoms with Crippen molar-refractivity contribution in [3.8, 4) is 0 Å². The molecule has 0 amide bonds. The summed E-state index contributed by atoms with van der Waals surface area (Å²) in [7, 11) is 0. The summed E-state index contributed by atoms with van der Waals surface area (Å²) < 4.78 is 11.4. The molecule has 2 aromatic carbocycles. The minimum absolute atomic E-state index is 0.393. The SMILES string of the molecule is CCCCC(CC)(OC(=O)c1ccccc1)OC(=O)c1ccccc1. The van der Waals surface area contributed by atoms with Crippen molar-refractivity contribution >= 4 is 11.9 Å². The zero-order valence-corrected chi connectivity index (χ0v) is 14.7. The Morgan fingerprint density at radius 3 is 1.60 bits per heavy atom. The number of hydrogen-bond donors (Lipinski definition) is 0. The molecule has 0 aliphatic heterocycles. The molecule has 0 aliphatic carbocycles. The van der Waals surface area contributed by atoms with Crippen molar-refractivity contribution in [2.24, 2.45) is 0 Å². The minimum Gasteiger partial charge on any atom is -0.419 e. The van der Waals surface area contributed by atoms with Crippen molar-refractivity contribution in [1.29, 1.82) is 0 Å². The summed E-state index contributed by atoms with van der Waals surface area (Å²) in [5.41, 5.74) is 0.875. The number of ether oxygens (including phenoxy) is 2. The minimum atomic E-state index is -1.25. The Morgan fingerprint density at radius 1 is 0.800 bits per heavy atom. The molecule has 0 atom stereocenters. The molecule has 0 aliphatic rings. The summed E-state index contributed by atoms with van der Waals surface area (Å²) in [5.74, 6) is -2.23. The van der Waals surface area contributed by atoms with E-state index in [1.165, 1.54) is 0 Å². The maximum Gasteiger partial charge on any atom is 0.341 e. The molecule has 0 unspecified atom stereocenters. The fourth-order valence-electron chi connectivity index (χ4n) is 2.49. The molecule has 4 heteroatoms. The van der Waals surface area contributed by atoms with Crippen LogP contribution in [-0.4, -0.2) is 17.7 Å².